The van der Waals surface area contributed by atoms with Gasteiger partial charge in [-0.15, -0.1) is 11.8 Å². The number of nitrogens with two attached hydrogens (primary N) is 1. The van der Waals surface area contributed by atoms with Gasteiger partial charge in [-0.25, -0.2) is 0 Å². The number of nitrogens with one attached hydrogen (secondary N) is 1. The maximum atomic E-state index is 11.1. The highest BCUT2D eigenvalue weighted by molar-refractivity contribution is 8.02. The fourth-order valence-electron chi connectivity index (χ4n) is 1.41. The number of anilines is 2. The third kappa shape index (κ3) is 3.93. The Morgan fingerprint density at radius 2 is 1.95 bits per heavy atom. The molecule has 0 unspecified atom stereocenters. The minimum Gasteiger partial charge on any atom is -0.378 e. The molecule has 1 aromatic carbocycles. The summed E-state index contributed by atoms with van der Waals surface area (Å²) in [6.07, 6.45) is 1.77. The van der Waals surface area contributed by atoms with Crippen molar-refractivity contribution in [1.29, 1.82) is 5.26 Å². The van der Waals surface area contributed by atoms with E-state index in [2.05, 4.69) is 5.32 Å². The second-order valence-corrected chi connectivity index (χ2v) is 4.77. The molecule has 0 aliphatic carbocycles. The van der Waals surface area contributed by atoms with Crippen molar-refractivity contribution < 1.29 is 4.79 Å². The molecule has 0 aliphatic rings. The number of thioether (sulfide) groups is 1. The lowest BCUT2D eigenvalue weighted by Crippen LogP contribution is -2.16. The van der Waals surface area contributed by atoms with Gasteiger partial charge in [-0.1, -0.05) is 0 Å². The van der Waals surface area contributed by atoms with Crippen LogP contribution in [0.2, 0.25) is 0 Å². The summed E-state index contributed by atoms with van der Waals surface area (Å²) in [5.74, 6) is -0.732. The Morgan fingerprint density at radius 3 is 2.32 bits per heavy atom. The van der Waals surface area contributed by atoms with Gasteiger partial charge >= 0.3 is 0 Å². The average molecular weight is 276 g/mol. The van der Waals surface area contributed by atoms with Crippen LogP contribution in [0.3, 0.4) is 0 Å². The fraction of sp³-hybridized carbons (Fsp3) is 0.231. The van der Waals surface area contributed by atoms with Gasteiger partial charge in [0.25, 0.3) is 5.91 Å². The van der Waals surface area contributed by atoms with Crippen LogP contribution in [0.25, 0.3) is 0 Å². The standard InChI is InChI=1S/C13H16N4OS/c1-17(2)10-6-4-9(5-7-10)16-13(19-3)11(8-14)12(15)18/h4-7,16H,1-3H3,(H2,15,18)/b13-11-. The second-order valence-electron chi connectivity index (χ2n) is 3.95. The molecule has 1 aromatic rings. The molecule has 100 valence electrons. The number of hydrogen-bond acceptors (Lipinski definition) is 5. The number of primary amides is 1. The van der Waals surface area contributed by atoms with Gasteiger partial charge in [0, 0.05) is 25.5 Å². The summed E-state index contributed by atoms with van der Waals surface area (Å²) in [5.41, 5.74) is 6.96. The van der Waals surface area contributed by atoms with E-state index in [0.717, 1.165) is 11.4 Å². The maximum Gasteiger partial charge on any atom is 0.262 e. The van der Waals surface area contributed by atoms with Crippen LogP contribution in [0.15, 0.2) is 34.9 Å². The molecule has 0 saturated heterocycles. The first-order valence-corrected chi connectivity index (χ1v) is 6.74. The summed E-state index contributed by atoms with van der Waals surface area (Å²) in [6, 6.07) is 9.45. The van der Waals surface area contributed by atoms with Crippen LogP contribution in [0.1, 0.15) is 0 Å². The van der Waals surface area contributed by atoms with Crippen LogP contribution < -0.4 is 16.0 Å². The van der Waals surface area contributed by atoms with E-state index in [-0.39, 0.29) is 5.57 Å². The van der Waals surface area contributed by atoms with E-state index in [1.807, 2.05) is 49.3 Å². The number of rotatable bonds is 5. The van der Waals surface area contributed by atoms with E-state index in [1.165, 1.54) is 11.8 Å². The molecule has 0 heterocycles. The monoisotopic (exact) mass is 276 g/mol. The third-order valence-electron chi connectivity index (χ3n) is 2.43. The number of hydrogen-bond donors (Lipinski definition) is 2. The van der Waals surface area contributed by atoms with Crippen LogP contribution >= 0.6 is 11.8 Å². The Balaban J connectivity index is 3.00. The van der Waals surface area contributed by atoms with Crippen LogP contribution in [-0.4, -0.2) is 26.3 Å². The van der Waals surface area contributed by atoms with Crippen molar-refractivity contribution in [2.45, 2.75) is 0 Å². The van der Waals surface area contributed by atoms with Gasteiger partial charge < -0.3 is 16.0 Å². The fourth-order valence-corrected chi connectivity index (χ4v) is 1.98. The number of carbonyl (C=O) groups excluding carboxylic acids is 1. The number of amides is 1. The zero-order valence-corrected chi connectivity index (χ0v) is 11.9. The lowest BCUT2D eigenvalue weighted by Gasteiger charge is -2.14. The Morgan fingerprint density at radius 1 is 1.37 bits per heavy atom. The number of nitrogens with zero attached hydrogens (tertiary/aromatic N) is 2. The summed E-state index contributed by atoms with van der Waals surface area (Å²) in [6.45, 7) is 0. The molecule has 6 heteroatoms. The number of nitriles is 1. The molecular formula is C13H16N4OS. The first-order chi connectivity index (χ1) is 8.99. The van der Waals surface area contributed by atoms with Crippen molar-refractivity contribution in [2.24, 2.45) is 5.73 Å². The van der Waals surface area contributed by atoms with Crippen molar-refractivity contribution in [1.82, 2.24) is 0 Å². The number of benzene rings is 1. The topological polar surface area (TPSA) is 82.2 Å². The molecule has 0 radical (unpaired) electrons. The van der Waals surface area contributed by atoms with Gasteiger partial charge in [0.15, 0.2) is 0 Å². The Labute approximate surface area is 117 Å². The summed E-state index contributed by atoms with van der Waals surface area (Å²) in [5, 5.41) is 12.4. The van der Waals surface area contributed by atoms with E-state index >= 15 is 0 Å². The average Bonchev–Trinajstić information content (AvgIpc) is 2.38. The van der Waals surface area contributed by atoms with Crippen molar-refractivity contribution in [3.8, 4) is 6.07 Å². The van der Waals surface area contributed by atoms with Crippen molar-refractivity contribution >= 4 is 29.0 Å². The smallest absolute Gasteiger partial charge is 0.262 e. The minimum atomic E-state index is -0.732. The zero-order valence-electron chi connectivity index (χ0n) is 11.1. The molecule has 0 bridgehead atoms. The van der Waals surface area contributed by atoms with Gasteiger partial charge in [0.05, 0.1) is 5.03 Å². The predicted octanol–water partition coefficient (Wildman–Crippen LogP) is 1.75. The molecule has 1 rings (SSSR count). The zero-order chi connectivity index (χ0) is 14.4. The van der Waals surface area contributed by atoms with E-state index in [9.17, 15) is 4.79 Å². The summed E-state index contributed by atoms with van der Waals surface area (Å²) < 4.78 is 0. The molecule has 3 N–H and O–H groups in total. The Hall–Kier alpha value is -2.13. The van der Waals surface area contributed by atoms with Crippen LogP contribution in [0.5, 0.6) is 0 Å². The maximum absolute atomic E-state index is 11.1. The van der Waals surface area contributed by atoms with Crippen molar-refractivity contribution in [3.05, 3.63) is 34.9 Å². The van der Waals surface area contributed by atoms with Crippen LogP contribution in [0.4, 0.5) is 11.4 Å². The molecule has 19 heavy (non-hydrogen) atoms. The number of carbonyl (C=O) groups is 1. The van der Waals surface area contributed by atoms with Gasteiger partial charge in [0.1, 0.15) is 11.6 Å². The molecule has 5 nitrogen and oxygen atoms in total. The summed E-state index contributed by atoms with van der Waals surface area (Å²) >= 11 is 1.27. The highest BCUT2D eigenvalue weighted by Gasteiger charge is 2.11. The highest BCUT2D eigenvalue weighted by atomic mass is 32.2. The lowest BCUT2D eigenvalue weighted by molar-refractivity contribution is -0.114. The Bertz CT molecular complexity index is 529. The quantitative estimate of drug-likeness (QED) is 0.632. The van der Waals surface area contributed by atoms with Crippen molar-refractivity contribution in [3.63, 3.8) is 0 Å². The minimum absolute atomic E-state index is 0.0656. The van der Waals surface area contributed by atoms with E-state index in [0.29, 0.717) is 5.03 Å². The normalized spacial score (nSPS) is 11.3. The molecule has 0 aromatic heterocycles. The molecule has 0 aliphatic heterocycles. The first kappa shape index (κ1) is 14.9. The predicted molar refractivity (Wildman–Crippen MR) is 79.7 cm³/mol. The van der Waals surface area contributed by atoms with Gasteiger partial charge in [-0.3, -0.25) is 4.79 Å². The highest BCUT2D eigenvalue weighted by Crippen LogP contribution is 2.22. The lowest BCUT2D eigenvalue weighted by atomic mass is 10.2. The molecule has 0 saturated carbocycles. The SMILES string of the molecule is CS/C(Nc1ccc(N(C)C)cc1)=C(/C#N)C(N)=O. The van der Waals surface area contributed by atoms with E-state index in [4.69, 9.17) is 11.0 Å². The second kappa shape index (κ2) is 6.71. The van der Waals surface area contributed by atoms with E-state index in [1.54, 1.807) is 6.26 Å². The van der Waals surface area contributed by atoms with Gasteiger partial charge in [0.2, 0.25) is 0 Å². The molecule has 0 spiro atoms. The first-order valence-electron chi connectivity index (χ1n) is 5.52. The molecular weight excluding hydrogens is 260 g/mol. The van der Waals surface area contributed by atoms with E-state index < -0.39 is 5.91 Å². The van der Waals surface area contributed by atoms with Crippen LogP contribution in [0, 0.1) is 11.3 Å². The Kier molecular flexibility index (Phi) is 5.27. The van der Waals surface area contributed by atoms with Crippen LogP contribution in [-0.2, 0) is 4.79 Å². The largest absolute Gasteiger partial charge is 0.378 e. The van der Waals surface area contributed by atoms with Crippen molar-refractivity contribution in [2.75, 3.05) is 30.6 Å². The van der Waals surface area contributed by atoms with Gasteiger partial charge in [-0.05, 0) is 30.5 Å². The molecule has 0 atom stereocenters. The molecule has 0 fully saturated rings. The summed E-state index contributed by atoms with van der Waals surface area (Å²) in [7, 11) is 3.91. The van der Waals surface area contributed by atoms with Gasteiger partial charge in [-0.2, -0.15) is 5.26 Å². The summed E-state index contributed by atoms with van der Waals surface area (Å²) in [4.78, 5) is 13.1. The third-order valence-corrected chi connectivity index (χ3v) is 3.15. The molecule has 1 amide bonds.